The second-order valence-electron chi connectivity index (χ2n) is 11.4. The first-order valence-electron chi connectivity index (χ1n) is 14.5. The Morgan fingerprint density at radius 1 is 0.756 bits per heavy atom. The molecule has 0 unspecified atom stereocenters. The largest absolute Gasteiger partial charge is 0.454 e. The SMILES string of the molecule is CC(C)NC(=N)c1ccc2nc(-c3ccc(Oc4ccc(-c5nc6ccc(C(=N)NC(C)C)cc6[nH]5)c(Br)c4)c(F)c3)[nH]c2c1. The van der Waals surface area contributed by atoms with Crippen LogP contribution in [0.25, 0.3) is 44.8 Å². The topological polar surface area (TPSA) is 138 Å². The number of imidazole rings is 2. The summed E-state index contributed by atoms with van der Waals surface area (Å²) in [5, 5.41) is 22.7. The quantitative estimate of drug-likeness (QED) is 0.0720. The number of nitrogens with zero attached hydrogens (tertiary/aromatic N) is 2. The number of H-pyrrole nitrogens is 2. The van der Waals surface area contributed by atoms with Crippen molar-refractivity contribution < 1.29 is 9.13 Å². The number of nitrogens with one attached hydrogen (secondary N) is 6. The highest BCUT2D eigenvalue weighted by molar-refractivity contribution is 9.10. The van der Waals surface area contributed by atoms with Gasteiger partial charge in [0.25, 0.3) is 0 Å². The van der Waals surface area contributed by atoms with Crippen LogP contribution in [-0.4, -0.2) is 43.7 Å². The van der Waals surface area contributed by atoms with E-state index < -0.39 is 5.82 Å². The minimum atomic E-state index is -0.526. The lowest BCUT2D eigenvalue weighted by atomic mass is 10.1. The molecule has 2 heterocycles. The van der Waals surface area contributed by atoms with Crippen LogP contribution in [0.1, 0.15) is 38.8 Å². The van der Waals surface area contributed by atoms with Gasteiger partial charge in [-0.15, -0.1) is 0 Å². The number of benzene rings is 4. The predicted octanol–water partition coefficient (Wildman–Crippen LogP) is 8.11. The smallest absolute Gasteiger partial charge is 0.166 e. The summed E-state index contributed by atoms with van der Waals surface area (Å²) in [6, 6.07) is 21.6. The Kier molecular flexibility index (Phi) is 8.11. The number of amidine groups is 2. The van der Waals surface area contributed by atoms with Gasteiger partial charge in [-0.2, -0.15) is 0 Å². The van der Waals surface area contributed by atoms with Crippen LogP contribution < -0.4 is 15.4 Å². The number of aromatic amines is 2. The second-order valence-corrected chi connectivity index (χ2v) is 12.2. The molecule has 0 saturated carbocycles. The molecule has 0 spiro atoms. The summed E-state index contributed by atoms with van der Waals surface area (Å²) < 4.78 is 21.9. The van der Waals surface area contributed by atoms with Crippen molar-refractivity contribution in [1.29, 1.82) is 10.8 Å². The average molecular weight is 668 g/mol. The van der Waals surface area contributed by atoms with E-state index in [1.54, 1.807) is 24.3 Å². The van der Waals surface area contributed by atoms with E-state index in [1.165, 1.54) is 6.07 Å². The minimum Gasteiger partial charge on any atom is -0.454 e. The maximum Gasteiger partial charge on any atom is 0.166 e. The van der Waals surface area contributed by atoms with Crippen molar-refractivity contribution in [1.82, 2.24) is 30.6 Å². The van der Waals surface area contributed by atoms with Gasteiger partial charge in [0.1, 0.15) is 29.1 Å². The molecule has 6 aromatic rings. The van der Waals surface area contributed by atoms with E-state index >= 15 is 4.39 Å². The van der Waals surface area contributed by atoms with E-state index in [9.17, 15) is 0 Å². The third kappa shape index (κ3) is 6.44. The van der Waals surface area contributed by atoms with Crippen LogP contribution in [0.2, 0.25) is 0 Å². The van der Waals surface area contributed by atoms with E-state index in [0.717, 1.165) is 43.2 Å². The third-order valence-corrected chi connectivity index (χ3v) is 7.69. The van der Waals surface area contributed by atoms with Crippen molar-refractivity contribution in [3.63, 3.8) is 0 Å². The predicted molar refractivity (Wildman–Crippen MR) is 181 cm³/mol. The Labute approximate surface area is 267 Å². The molecule has 0 radical (unpaired) electrons. The van der Waals surface area contributed by atoms with E-state index in [2.05, 4.69) is 41.5 Å². The summed E-state index contributed by atoms with van der Waals surface area (Å²) in [7, 11) is 0. The zero-order valence-electron chi connectivity index (χ0n) is 25.1. The number of aromatic nitrogens is 4. The van der Waals surface area contributed by atoms with Gasteiger partial charge in [-0.25, -0.2) is 14.4 Å². The summed E-state index contributed by atoms with van der Waals surface area (Å²) in [6.07, 6.45) is 0. The van der Waals surface area contributed by atoms with Crippen LogP contribution in [0, 0.1) is 16.6 Å². The Morgan fingerprint density at radius 3 is 1.89 bits per heavy atom. The van der Waals surface area contributed by atoms with Gasteiger partial charge in [0.05, 0.1) is 22.1 Å². The van der Waals surface area contributed by atoms with Gasteiger partial charge in [0.2, 0.25) is 0 Å². The molecule has 2 aromatic heterocycles. The zero-order valence-corrected chi connectivity index (χ0v) is 26.7. The van der Waals surface area contributed by atoms with E-state index in [4.69, 9.17) is 20.5 Å². The summed E-state index contributed by atoms with van der Waals surface area (Å²) >= 11 is 3.61. The van der Waals surface area contributed by atoms with Crippen molar-refractivity contribution >= 4 is 49.7 Å². The Hall–Kier alpha value is -5.03. The standard InChI is InChI=1S/C34H32BrFN8O/c1-17(2)39-31(37)19-5-10-26-28(14-19)43-33(41-26)21-7-12-30(25(36)13-21)45-22-8-9-23(24(35)16-22)34-42-27-11-6-20(15-29(27)44-34)32(38)40-18(3)4/h5-18H,1-4H3,(H2,37,39)(H2,38,40)(H,41,43)(H,42,44). The molecule has 45 heavy (non-hydrogen) atoms. The van der Waals surface area contributed by atoms with Gasteiger partial charge in [-0.1, -0.05) is 0 Å². The van der Waals surface area contributed by atoms with Crippen LogP contribution in [-0.2, 0) is 0 Å². The fourth-order valence-electron chi connectivity index (χ4n) is 4.95. The van der Waals surface area contributed by atoms with Gasteiger partial charge >= 0.3 is 0 Å². The van der Waals surface area contributed by atoms with Crippen molar-refractivity contribution in [2.24, 2.45) is 0 Å². The van der Waals surface area contributed by atoms with Crippen LogP contribution in [0.5, 0.6) is 11.5 Å². The highest BCUT2D eigenvalue weighted by Gasteiger charge is 2.15. The number of halogens is 2. The molecule has 228 valence electrons. The lowest BCUT2D eigenvalue weighted by Gasteiger charge is -2.10. The highest BCUT2D eigenvalue weighted by atomic mass is 79.9. The molecule has 0 atom stereocenters. The Bertz CT molecular complexity index is 2080. The Morgan fingerprint density at radius 2 is 1.33 bits per heavy atom. The number of hydrogen-bond donors (Lipinski definition) is 6. The molecule has 0 fully saturated rings. The number of fused-ring (bicyclic) bond motifs is 2. The molecular weight excluding hydrogens is 635 g/mol. The molecule has 0 aliphatic rings. The molecule has 4 aromatic carbocycles. The van der Waals surface area contributed by atoms with Crippen molar-refractivity contribution in [3.05, 3.63) is 94.2 Å². The lowest BCUT2D eigenvalue weighted by Crippen LogP contribution is -2.30. The van der Waals surface area contributed by atoms with Gasteiger partial charge in [0.15, 0.2) is 11.6 Å². The van der Waals surface area contributed by atoms with Gasteiger partial charge < -0.3 is 25.3 Å². The molecule has 9 nitrogen and oxygen atoms in total. The normalized spacial score (nSPS) is 11.5. The maximum absolute atomic E-state index is 15.2. The van der Waals surface area contributed by atoms with Crippen LogP contribution in [0.4, 0.5) is 4.39 Å². The molecule has 0 amide bonds. The molecule has 0 aliphatic heterocycles. The molecule has 0 bridgehead atoms. The maximum atomic E-state index is 15.2. The zero-order chi connectivity index (χ0) is 31.8. The van der Waals surface area contributed by atoms with E-state index in [1.807, 2.05) is 70.2 Å². The summed E-state index contributed by atoms with van der Waals surface area (Å²) in [6.45, 7) is 7.95. The molecule has 0 saturated heterocycles. The highest BCUT2D eigenvalue weighted by Crippen LogP contribution is 2.35. The van der Waals surface area contributed by atoms with Gasteiger partial charge in [0, 0.05) is 38.8 Å². The number of ether oxygens (including phenoxy) is 1. The first kappa shape index (κ1) is 30.0. The van der Waals surface area contributed by atoms with E-state index in [-0.39, 0.29) is 17.8 Å². The van der Waals surface area contributed by atoms with Crippen molar-refractivity contribution in [2.45, 2.75) is 39.8 Å². The minimum absolute atomic E-state index is 0.0822. The summed E-state index contributed by atoms with van der Waals surface area (Å²) in [5.41, 5.74) is 5.99. The molecule has 0 aliphatic carbocycles. The number of rotatable bonds is 8. The van der Waals surface area contributed by atoms with Crippen LogP contribution >= 0.6 is 15.9 Å². The molecule has 11 heteroatoms. The first-order valence-corrected chi connectivity index (χ1v) is 15.3. The van der Waals surface area contributed by atoms with Crippen LogP contribution in [0.3, 0.4) is 0 Å². The fraction of sp³-hybridized carbons (Fsp3) is 0.176. The molecule has 6 rings (SSSR count). The molecule has 6 N–H and O–H groups in total. The van der Waals surface area contributed by atoms with Gasteiger partial charge in [-0.3, -0.25) is 10.8 Å². The summed E-state index contributed by atoms with van der Waals surface area (Å²) in [4.78, 5) is 15.9. The third-order valence-electron chi connectivity index (χ3n) is 7.04. The first-order chi connectivity index (χ1) is 21.5. The lowest BCUT2D eigenvalue weighted by molar-refractivity contribution is 0.442. The monoisotopic (exact) mass is 666 g/mol. The van der Waals surface area contributed by atoms with Crippen LogP contribution in [0.15, 0.2) is 77.3 Å². The van der Waals surface area contributed by atoms with Gasteiger partial charge in [-0.05, 0) is 116 Å². The number of hydrogen-bond acceptors (Lipinski definition) is 5. The fourth-order valence-corrected chi connectivity index (χ4v) is 5.49. The van der Waals surface area contributed by atoms with Crippen molar-refractivity contribution in [2.75, 3.05) is 0 Å². The van der Waals surface area contributed by atoms with E-state index in [0.29, 0.717) is 34.6 Å². The Balaban J connectivity index is 1.19. The second kappa shape index (κ2) is 12.2. The molecular formula is C34H32BrFN8O. The van der Waals surface area contributed by atoms with Crippen molar-refractivity contribution in [3.8, 4) is 34.3 Å². The summed E-state index contributed by atoms with van der Waals surface area (Å²) in [5.74, 6) is 1.88. The average Bonchev–Trinajstić information content (AvgIpc) is 3.61.